The Labute approximate surface area is 180 Å². The summed E-state index contributed by atoms with van der Waals surface area (Å²) in [7, 11) is 1.42. The summed E-state index contributed by atoms with van der Waals surface area (Å²) in [5.74, 6) is -1.06. The third-order valence-electron chi connectivity index (χ3n) is 4.77. The van der Waals surface area contributed by atoms with Crippen LogP contribution in [0.1, 0.15) is 21.7 Å². The van der Waals surface area contributed by atoms with Crippen molar-refractivity contribution in [3.63, 3.8) is 0 Å². The number of benzene rings is 3. The number of imidazole rings is 1. The summed E-state index contributed by atoms with van der Waals surface area (Å²) in [5, 5.41) is 11.5. The Morgan fingerprint density at radius 2 is 1.75 bits per heavy atom. The first-order valence-corrected chi connectivity index (χ1v) is 9.36. The third-order valence-corrected chi connectivity index (χ3v) is 4.77. The SMILES string of the molecule is COc1ccc2c(c1)nc(C(F)(F)F)n2-c1ccc(NC(=O)c2ccc(C#N)cc2)cc1. The molecular weight excluding hydrogens is 421 g/mol. The van der Waals surface area contributed by atoms with Crippen LogP contribution in [0.4, 0.5) is 18.9 Å². The third kappa shape index (κ3) is 3.98. The van der Waals surface area contributed by atoms with E-state index in [0.29, 0.717) is 22.6 Å². The second kappa shape index (κ2) is 8.07. The molecule has 3 aromatic carbocycles. The molecule has 160 valence electrons. The van der Waals surface area contributed by atoms with Crippen molar-refractivity contribution in [3.05, 3.63) is 83.7 Å². The van der Waals surface area contributed by atoms with Crippen molar-refractivity contribution >= 4 is 22.6 Å². The van der Waals surface area contributed by atoms with Crippen molar-refractivity contribution in [2.75, 3.05) is 12.4 Å². The number of aromatic nitrogens is 2. The van der Waals surface area contributed by atoms with Gasteiger partial charge in [-0.1, -0.05) is 0 Å². The summed E-state index contributed by atoms with van der Waals surface area (Å²) in [6, 6.07) is 18.5. The minimum atomic E-state index is -4.67. The van der Waals surface area contributed by atoms with Crippen LogP contribution in [0.2, 0.25) is 0 Å². The van der Waals surface area contributed by atoms with E-state index in [2.05, 4.69) is 10.3 Å². The smallest absolute Gasteiger partial charge is 0.450 e. The molecule has 1 amide bonds. The molecule has 0 spiro atoms. The number of carbonyl (C=O) groups excluding carboxylic acids is 1. The second-order valence-electron chi connectivity index (χ2n) is 6.81. The summed E-state index contributed by atoms with van der Waals surface area (Å²) >= 11 is 0. The van der Waals surface area contributed by atoms with Gasteiger partial charge in [0.2, 0.25) is 5.82 Å². The maximum atomic E-state index is 13.7. The Kier molecular flexibility index (Phi) is 5.28. The fourth-order valence-electron chi connectivity index (χ4n) is 3.23. The molecule has 0 aliphatic heterocycles. The predicted octanol–water partition coefficient (Wildman–Crippen LogP) is 5.18. The predicted molar refractivity (Wildman–Crippen MR) is 112 cm³/mol. The number of nitriles is 1. The van der Waals surface area contributed by atoms with Gasteiger partial charge < -0.3 is 10.1 Å². The van der Waals surface area contributed by atoms with Crippen molar-refractivity contribution in [1.82, 2.24) is 9.55 Å². The monoisotopic (exact) mass is 436 g/mol. The number of halogens is 3. The van der Waals surface area contributed by atoms with Crippen LogP contribution in [0.5, 0.6) is 5.75 Å². The number of anilines is 1. The maximum Gasteiger partial charge on any atom is 0.450 e. The molecule has 1 N–H and O–H groups in total. The van der Waals surface area contributed by atoms with Gasteiger partial charge in [-0.15, -0.1) is 0 Å². The highest BCUT2D eigenvalue weighted by molar-refractivity contribution is 6.04. The van der Waals surface area contributed by atoms with E-state index in [9.17, 15) is 18.0 Å². The van der Waals surface area contributed by atoms with E-state index in [4.69, 9.17) is 10.00 Å². The molecule has 0 aliphatic rings. The molecule has 0 unspecified atom stereocenters. The van der Waals surface area contributed by atoms with Crippen LogP contribution in [-0.2, 0) is 6.18 Å². The second-order valence-corrected chi connectivity index (χ2v) is 6.81. The summed E-state index contributed by atoms with van der Waals surface area (Å²) in [6.07, 6.45) is -4.67. The molecule has 4 rings (SSSR count). The topological polar surface area (TPSA) is 79.9 Å². The molecule has 0 fully saturated rings. The van der Waals surface area contributed by atoms with E-state index in [1.807, 2.05) is 6.07 Å². The zero-order valence-electron chi connectivity index (χ0n) is 16.6. The first kappa shape index (κ1) is 20.9. The largest absolute Gasteiger partial charge is 0.497 e. The number of nitrogens with one attached hydrogen (secondary N) is 1. The lowest BCUT2D eigenvalue weighted by Gasteiger charge is -2.12. The van der Waals surface area contributed by atoms with Gasteiger partial charge in [0.1, 0.15) is 5.75 Å². The minimum Gasteiger partial charge on any atom is -0.497 e. The molecule has 0 bridgehead atoms. The van der Waals surface area contributed by atoms with E-state index in [0.717, 1.165) is 4.57 Å². The van der Waals surface area contributed by atoms with Gasteiger partial charge in [-0.2, -0.15) is 18.4 Å². The van der Waals surface area contributed by atoms with Crippen molar-refractivity contribution in [1.29, 1.82) is 5.26 Å². The number of rotatable bonds is 4. The number of hydrogen-bond acceptors (Lipinski definition) is 4. The van der Waals surface area contributed by atoms with E-state index in [-0.39, 0.29) is 16.7 Å². The molecule has 0 aliphatic carbocycles. The fourth-order valence-corrected chi connectivity index (χ4v) is 3.23. The number of ether oxygens (including phenoxy) is 1. The molecular formula is C23H15F3N4O2. The number of hydrogen-bond donors (Lipinski definition) is 1. The molecule has 0 atom stereocenters. The van der Waals surface area contributed by atoms with Crippen LogP contribution >= 0.6 is 0 Å². The van der Waals surface area contributed by atoms with Crippen LogP contribution in [0, 0.1) is 11.3 Å². The van der Waals surface area contributed by atoms with Crippen LogP contribution < -0.4 is 10.1 Å². The quantitative estimate of drug-likeness (QED) is 0.478. The van der Waals surface area contributed by atoms with E-state index < -0.39 is 17.9 Å². The Balaban J connectivity index is 1.66. The number of methoxy groups -OCH3 is 1. The molecule has 0 radical (unpaired) electrons. The Morgan fingerprint density at radius 3 is 2.34 bits per heavy atom. The van der Waals surface area contributed by atoms with E-state index in [1.165, 1.54) is 67.8 Å². The molecule has 4 aromatic rings. The van der Waals surface area contributed by atoms with Gasteiger partial charge in [-0.3, -0.25) is 9.36 Å². The van der Waals surface area contributed by atoms with Crippen molar-refractivity contribution in [2.24, 2.45) is 0 Å². The van der Waals surface area contributed by atoms with Crippen LogP contribution in [-0.4, -0.2) is 22.6 Å². The molecule has 9 heteroatoms. The number of alkyl halides is 3. The number of amides is 1. The van der Waals surface area contributed by atoms with Gasteiger partial charge in [0.05, 0.1) is 29.8 Å². The highest BCUT2D eigenvalue weighted by Crippen LogP contribution is 2.35. The van der Waals surface area contributed by atoms with Crippen LogP contribution in [0.15, 0.2) is 66.7 Å². The summed E-state index contributed by atoms with van der Waals surface area (Å²) in [5.41, 5.74) is 1.84. The summed E-state index contributed by atoms with van der Waals surface area (Å²) in [4.78, 5) is 16.1. The summed E-state index contributed by atoms with van der Waals surface area (Å²) < 4.78 is 47.1. The lowest BCUT2D eigenvalue weighted by atomic mass is 10.1. The average molecular weight is 436 g/mol. The normalized spacial score (nSPS) is 11.2. The first-order chi connectivity index (χ1) is 15.3. The van der Waals surface area contributed by atoms with Gasteiger partial charge >= 0.3 is 6.18 Å². The zero-order valence-corrected chi connectivity index (χ0v) is 16.6. The highest BCUT2D eigenvalue weighted by atomic mass is 19.4. The number of carbonyl (C=O) groups is 1. The fraction of sp³-hybridized carbons (Fsp3) is 0.0870. The molecule has 0 saturated carbocycles. The van der Waals surface area contributed by atoms with Gasteiger partial charge in [-0.05, 0) is 60.7 Å². The lowest BCUT2D eigenvalue weighted by molar-refractivity contribution is -0.145. The molecule has 6 nitrogen and oxygen atoms in total. The average Bonchev–Trinajstić information content (AvgIpc) is 3.19. The lowest BCUT2D eigenvalue weighted by Crippen LogP contribution is -2.14. The molecule has 1 aromatic heterocycles. The van der Waals surface area contributed by atoms with E-state index in [1.54, 1.807) is 6.07 Å². The first-order valence-electron chi connectivity index (χ1n) is 9.36. The molecule has 1 heterocycles. The minimum absolute atomic E-state index is 0.148. The highest BCUT2D eigenvalue weighted by Gasteiger charge is 2.38. The maximum absolute atomic E-state index is 13.7. The Bertz CT molecular complexity index is 1340. The van der Waals surface area contributed by atoms with Gasteiger partial charge in [0.25, 0.3) is 5.91 Å². The standard InChI is InChI=1S/C23H15F3N4O2/c1-32-18-10-11-20-19(12-18)29-22(23(24,25)26)30(20)17-8-6-16(7-9-17)28-21(31)15-4-2-14(13-27)3-5-15/h2-12H,1H3,(H,28,31). The van der Waals surface area contributed by atoms with E-state index >= 15 is 0 Å². The number of fused-ring (bicyclic) bond motifs is 1. The molecule has 32 heavy (non-hydrogen) atoms. The van der Waals surface area contributed by atoms with Crippen LogP contribution in [0.3, 0.4) is 0 Å². The van der Waals surface area contributed by atoms with Crippen molar-refractivity contribution in [2.45, 2.75) is 6.18 Å². The van der Waals surface area contributed by atoms with Gasteiger partial charge in [0, 0.05) is 23.0 Å². The van der Waals surface area contributed by atoms with Crippen LogP contribution in [0.25, 0.3) is 16.7 Å². The Morgan fingerprint density at radius 1 is 1.06 bits per heavy atom. The zero-order chi connectivity index (χ0) is 22.9. The summed E-state index contributed by atoms with van der Waals surface area (Å²) in [6.45, 7) is 0. The van der Waals surface area contributed by atoms with Gasteiger partial charge in [-0.25, -0.2) is 4.98 Å². The Hall–Kier alpha value is -4.32. The van der Waals surface area contributed by atoms with Gasteiger partial charge in [0.15, 0.2) is 0 Å². The molecule has 0 saturated heterocycles. The van der Waals surface area contributed by atoms with Crippen molar-refractivity contribution < 1.29 is 22.7 Å². The number of nitrogens with zero attached hydrogens (tertiary/aromatic N) is 3. The van der Waals surface area contributed by atoms with Crippen molar-refractivity contribution in [3.8, 4) is 17.5 Å².